The number of amides is 2. The number of aromatic nitrogens is 2. The molecule has 1 aliphatic carbocycles. The molecule has 0 radical (unpaired) electrons. The molecule has 7 nitrogen and oxygen atoms in total. The summed E-state index contributed by atoms with van der Waals surface area (Å²) in [5, 5.41) is 6.58. The molecule has 0 spiro atoms. The van der Waals surface area contributed by atoms with Gasteiger partial charge in [0, 0.05) is 22.5 Å². The van der Waals surface area contributed by atoms with Crippen LogP contribution in [0, 0.1) is 0 Å². The zero-order chi connectivity index (χ0) is 29.1. The van der Waals surface area contributed by atoms with Crippen LogP contribution in [0.3, 0.4) is 0 Å². The van der Waals surface area contributed by atoms with Gasteiger partial charge in [-0.25, -0.2) is 4.98 Å². The second-order valence-electron chi connectivity index (χ2n) is 10.2. The minimum atomic E-state index is -0.406. The molecule has 0 aliphatic heterocycles. The second-order valence-corrected chi connectivity index (χ2v) is 13.8. The maximum atomic E-state index is 13.5. The predicted molar refractivity (Wildman–Crippen MR) is 175 cm³/mol. The Hall–Kier alpha value is -3.60. The molecule has 0 saturated carbocycles. The van der Waals surface area contributed by atoms with Gasteiger partial charge in [-0.1, -0.05) is 48.2 Å². The summed E-state index contributed by atoms with van der Waals surface area (Å²) in [6, 6.07) is 23.1. The van der Waals surface area contributed by atoms with Crippen molar-refractivity contribution in [3.63, 3.8) is 0 Å². The van der Waals surface area contributed by atoms with Crippen LogP contribution in [-0.4, -0.2) is 44.0 Å². The van der Waals surface area contributed by atoms with Gasteiger partial charge in [0.25, 0.3) is 0 Å². The van der Waals surface area contributed by atoms with Crippen LogP contribution in [0.25, 0.3) is 21.1 Å². The average molecular weight is 615 g/mol. The van der Waals surface area contributed by atoms with Gasteiger partial charge in [-0.3, -0.25) is 19.0 Å². The Morgan fingerprint density at radius 3 is 2.57 bits per heavy atom. The Kier molecular flexibility index (Phi) is 8.64. The van der Waals surface area contributed by atoms with E-state index >= 15 is 0 Å². The topological polar surface area (TPSA) is 93.1 Å². The van der Waals surface area contributed by atoms with E-state index in [1.165, 1.54) is 57.9 Å². The van der Waals surface area contributed by atoms with Gasteiger partial charge in [0.2, 0.25) is 17.7 Å². The number of para-hydroxylation sites is 2. The van der Waals surface area contributed by atoms with Gasteiger partial charge in [0.1, 0.15) is 0 Å². The van der Waals surface area contributed by atoms with Crippen LogP contribution in [-0.2, 0) is 22.4 Å². The number of hydrogen-bond acceptors (Lipinski definition) is 7. The number of rotatable bonds is 9. The maximum Gasteiger partial charge on any atom is 0.241 e. The van der Waals surface area contributed by atoms with Crippen molar-refractivity contribution >= 4 is 85.1 Å². The first kappa shape index (κ1) is 28.5. The highest BCUT2D eigenvalue weighted by molar-refractivity contribution is 8.01. The van der Waals surface area contributed by atoms with E-state index in [0.29, 0.717) is 11.4 Å². The zero-order valence-electron chi connectivity index (χ0n) is 23.1. The smallest absolute Gasteiger partial charge is 0.241 e. The highest BCUT2D eigenvalue weighted by Gasteiger charge is 2.23. The molecular formula is C32H30N4O3S3. The van der Waals surface area contributed by atoms with E-state index in [1.807, 2.05) is 71.3 Å². The summed E-state index contributed by atoms with van der Waals surface area (Å²) in [5.74, 6) is 0.249. The Balaban J connectivity index is 1.06. The number of benzene rings is 3. The molecule has 1 atom stereocenters. The van der Waals surface area contributed by atoms with Crippen LogP contribution >= 0.6 is 34.9 Å². The minimum absolute atomic E-state index is 0.0792. The molecule has 2 aromatic heterocycles. The quantitative estimate of drug-likeness (QED) is 0.170. The number of anilines is 2. The molecule has 3 aromatic carbocycles. The van der Waals surface area contributed by atoms with Crippen LogP contribution in [0.4, 0.5) is 11.4 Å². The Morgan fingerprint density at radius 2 is 1.71 bits per heavy atom. The molecular weight excluding hydrogens is 585 g/mol. The fourth-order valence-corrected chi connectivity index (χ4v) is 7.89. The summed E-state index contributed by atoms with van der Waals surface area (Å²) in [6.07, 6.45) is 4.25. The SMILES string of the molecule is CC(SCC(=O)Nc1ccccc1)C(=O)Nc1ccc2nc(SCC(=O)n3c4c(c5ccccc53)CCCC4)sc2c1. The molecule has 1 unspecified atom stereocenters. The lowest BCUT2D eigenvalue weighted by Crippen LogP contribution is -2.25. The fourth-order valence-electron chi connectivity index (χ4n) is 5.25. The van der Waals surface area contributed by atoms with Crippen LogP contribution in [0.1, 0.15) is 35.8 Å². The third-order valence-corrected chi connectivity index (χ3v) is 10.6. The summed E-state index contributed by atoms with van der Waals surface area (Å²) in [7, 11) is 0. The summed E-state index contributed by atoms with van der Waals surface area (Å²) in [5.41, 5.74) is 5.74. The summed E-state index contributed by atoms with van der Waals surface area (Å²) in [6.45, 7) is 1.79. The van der Waals surface area contributed by atoms with Gasteiger partial charge in [-0.2, -0.15) is 0 Å². The van der Waals surface area contributed by atoms with Gasteiger partial charge < -0.3 is 10.6 Å². The largest absolute Gasteiger partial charge is 0.325 e. The van der Waals surface area contributed by atoms with Gasteiger partial charge >= 0.3 is 0 Å². The molecule has 2 N–H and O–H groups in total. The standard InChI is InChI=1S/C32H30N4O3S3/c1-20(40-18-29(37)33-21-9-3-2-4-10-21)31(39)34-22-15-16-25-28(17-22)42-32(35-25)41-19-30(38)36-26-13-7-5-11-23(26)24-12-6-8-14-27(24)36/h2-5,7,9-11,13,15-17,20H,6,8,12,14,18-19H2,1H3,(H,33,37)(H,34,39). The zero-order valence-corrected chi connectivity index (χ0v) is 25.5. The molecule has 1 aliphatic rings. The van der Waals surface area contributed by atoms with Gasteiger partial charge in [0.15, 0.2) is 4.34 Å². The Morgan fingerprint density at radius 1 is 0.929 bits per heavy atom. The van der Waals surface area contributed by atoms with Crippen molar-refractivity contribution < 1.29 is 14.4 Å². The van der Waals surface area contributed by atoms with E-state index in [-0.39, 0.29) is 23.5 Å². The van der Waals surface area contributed by atoms with E-state index in [4.69, 9.17) is 4.98 Å². The van der Waals surface area contributed by atoms with E-state index in [9.17, 15) is 14.4 Å². The van der Waals surface area contributed by atoms with Gasteiger partial charge in [0.05, 0.1) is 32.5 Å². The average Bonchev–Trinajstić information content (AvgIpc) is 3.57. The van der Waals surface area contributed by atoms with Crippen molar-refractivity contribution in [1.82, 2.24) is 9.55 Å². The van der Waals surface area contributed by atoms with Gasteiger partial charge in [-0.05, 0) is 74.6 Å². The molecule has 0 saturated heterocycles. The van der Waals surface area contributed by atoms with Crippen molar-refractivity contribution in [2.45, 2.75) is 42.2 Å². The molecule has 10 heteroatoms. The molecule has 5 aromatic rings. The third kappa shape index (κ3) is 6.25. The first-order chi connectivity index (χ1) is 20.5. The molecule has 0 bridgehead atoms. The Bertz CT molecular complexity index is 1780. The number of fused-ring (bicyclic) bond motifs is 4. The van der Waals surface area contributed by atoms with E-state index < -0.39 is 5.25 Å². The van der Waals surface area contributed by atoms with Crippen LogP contribution in [0.5, 0.6) is 0 Å². The van der Waals surface area contributed by atoms with Crippen molar-refractivity contribution in [2.75, 3.05) is 22.1 Å². The molecule has 2 heterocycles. The van der Waals surface area contributed by atoms with Crippen molar-refractivity contribution in [1.29, 1.82) is 0 Å². The number of thiazole rings is 1. The second kappa shape index (κ2) is 12.7. The number of aryl methyl sites for hydroxylation is 1. The fraction of sp³-hybridized carbons (Fsp3) is 0.250. The monoisotopic (exact) mass is 614 g/mol. The summed E-state index contributed by atoms with van der Waals surface area (Å²) in [4.78, 5) is 43.2. The van der Waals surface area contributed by atoms with Gasteiger partial charge in [-0.15, -0.1) is 23.1 Å². The normalized spacial score (nSPS) is 13.5. The Labute approximate surface area is 256 Å². The highest BCUT2D eigenvalue weighted by atomic mass is 32.2. The van der Waals surface area contributed by atoms with Crippen LogP contribution < -0.4 is 10.6 Å². The van der Waals surface area contributed by atoms with Crippen LogP contribution in [0.2, 0.25) is 0 Å². The van der Waals surface area contributed by atoms with E-state index in [0.717, 1.165) is 45.0 Å². The number of thioether (sulfide) groups is 2. The molecule has 42 heavy (non-hydrogen) atoms. The maximum absolute atomic E-state index is 13.5. The molecule has 0 fully saturated rings. The van der Waals surface area contributed by atoms with Crippen molar-refractivity contribution in [3.05, 3.63) is 84.1 Å². The summed E-state index contributed by atoms with van der Waals surface area (Å²) >= 11 is 4.25. The molecule has 214 valence electrons. The van der Waals surface area contributed by atoms with E-state index in [1.54, 1.807) is 6.92 Å². The number of nitrogens with zero attached hydrogens (tertiary/aromatic N) is 2. The van der Waals surface area contributed by atoms with Crippen molar-refractivity contribution in [2.24, 2.45) is 0 Å². The number of hydrogen-bond donors (Lipinski definition) is 2. The highest BCUT2D eigenvalue weighted by Crippen LogP contribution is 2.34. The lowest BCUT2D eigenvalue weighted by molar-refractivity contribution is -0.115. The van der Waals surface area contributed by atoms with Crippen molar-refractivity contribution in [3.8, 4) is 0 Å². The first-order valence-corrected chi connectivity index (χ1v) is 16.8. The lowest BCUT2D eigenvalue weighted by atomic mass is 9.96. The lowest BCUT2D eigenvalue weighted by Gasteiger charge is -2.14. The third-order valence-electron chi connectivity index (χ3n) is 7.27. The number of carbonyl (C=O) groups excluding carboxylic acids is 3. The summed E-state index contributed by atoms with van der Waals surface area (Å²) < 4.78 is 3.69. The minimum Gasteiger partial charge on any atom is -0.325 e. The first-order valence-electron chi connectivity index (χ1n) is 13.9. The molecule has 6 rings (SSSR count). The van der Waals surface area contributed by atoms with Crippen LogP contribution in [0.15, 0.2) is 77.1 Å². The number of carbonyl (C=O) groups is 3. The van der Waals surface area contributed by atoms with E-state index in [2.05, 4.69) is 16.7 Å². The predicted octanol–water partition coefficient (Wildman–Crippen LogP) is 7.26. The number of nitrogens with one attached hydrogen (secondary N) is 2. The molecule has 2 amide bonds.